The molecule has 0 fully saturated rings. The predicted octanol–water partition coefficient (Wildman–Crippen LogP) is 8.20. The molecule has 0 atom stereocenters. The summed E-state index contributed by atoms with van der Waals surface area (Å²) in [6.45, 7) is 6.33. The highest BCUT2D eigenvalue weighted by atomic mass is 16.1. The smallest absolute Gasteiger partial charge is 0.159 e. The van der Waals surface area contributed by atoms with Crippen LogP contribution in [0.2, 0.25) is 0 Å². The van der Waals surface area contributed by atoms with Gasteiger partial charge < -0.3 is 0 Å². The molecule has 6 rings (SSSR count). The van der Waals surface area contributed by atoms with Gasteiger partial charge in [-0.15, -0.1) is 0 Å². The summed E-state index contributed by atoms with van der Waals surface area (Å²) in [6, 6.07) is 23.6. The van der Waals surface area contributed by atoms with Crippen molar-refractivity contribution >= 4 is 23.1 Å². The number of benzene rings is 4. The van der Waals surface area contributed by atoms with Gasteiger partial charge in [-0.3, -0.25) is 19.2 Å². The largest absolute Gasteiger partial charge is 0.295 e. The molecule has 0 saturated heterocycles. The van der Waals surface area contributed by atoms with Crippen molar-refractivity contribution in [2.45, 2.75) is 52.4 Å². The zero-order valence-corrected chi connectivity index (χ0v) is 23.1. The quantitative estimate of drug-likeness (QED) is 0.228. The molecule has 4 nitrogen and oxygen atoms in total. The first kappa shape index (κ1) is 25.8. The number of hydrogen-bond donors (Lipinski definition) is 0. The molecular weight excluding hydrogens is 496 g/mol. The summed E-state index contributed by atoms with van der Waals surface area (Å²) < 4.78 is 0. The van der Waals surface area contributed by atoms with Crippen LogP contribution >= 0.6 is 0 Å². The van der Waals surface area contributed by atoms with E-state index in [1.54, 1.807) is 27.7 Å². The fourth-order valence-electron chi connectivity index (χ4n) is 6.55. The van der Waals surface area contributed by atoms with E-state index < -0.39 is 0 Å². The molecule has 2 aliphatic carbocycles. The van der Waals surface area contributed by atoms with Crippen molar-refractivity contribution in [1.29, 1.82) is 0 Å². The van der Waals surface area contributed by atoms with Gasteiger partial charge in [0, 0.05) is 34.1 Å². The molecule has 0 aromatic heterocycles. The van der Waals surface area contributed by atoms with Crippen LogP contribution in [0.25, 0.3) is 22.3 Å². The third-order valence-electron chi connectivity index (χ3n) is 8.66. The van der Waals surface area contributed by atoms with Gasteiger partial charge in [-0.05, 0) is 109 Å². The highest BCUT2D eigenvalue weighted by molar-refractivity contribution is 5.99. The number of ketones is 4. The van der Waals surface area contributed by atoms with E-state index in [2.05, 4.69) is 0 Å². The minimum absolute atomic E-state index is 0.0167. The van der Waals surface area contributed by atoms with Gasteiger partial charge in [0.25, 0.3) is 0 Å². The second kappa shape index (κ2) is 9.63. The van der Waals surface area contributed by atoms with E-state index in [0.29, 0.717) is 22.3 Å². The molecule has 0 radical (unpaired) electrons. The van der Waals surface area contributed by atoms with Gasteiger partial charge in [0.1, 0.15) is 0 Å². The first-order valence-corrected chi connectivity index (χ1v) is 13.7. The minimum atomic E-state index is 0.0167. The fraction of sp³-hybridized carbons (Fsp3) is 0.222. The van der Waals surface area contributed by atoms with E-state index in [9.17, 15) is 19.2 Å². The maximum Gasteiger partial charge on any atom is 0.159 e. The molecule has 2 aliphatic rings. The van der Waals surface area contributed by atoms with Gasteiger partial charge in [0.2, 0.25) is 0 Å². The molecule has 40 heavy (non-hydrogen) atoms. The van der Waals surface area contributed by atoms with Gasteiger partial charge in [0.05, 0.1) is 0 Å². The Balaban J connectivity index is 1.45. The zero-order chi connectivity index (χ0) is 28.3. The topological polar surface area (TPSA) is 68.3 Å². The lowest BCUT2D eigenvalue weighted by Crippen LogP contribution is -2.06. The monoisotopic (exact) mass is 526 g/mol. The Morgan fingerprint density at radius 1 is 0.425 bits per heavy atom. The second-order valence-electron chi connectivity index (χ2n) is 11.1. The van der Waals surface area contributed by atoms with Gasteiger partial charge >= 0.3 is 0 Å². The first-order chi connectivity index (χ1) is 19.1. The number of hydrogen-bond acceptors (Lipinski definition) is 4. The van der Waals surface area contributed by atoms with E-state index in [1.165, 1.54) is 0 Å². The summed E-state index contributed by atoms with van der Waals surface area (Å²) >= 11 is 0. The SMILES string of the molecule is CC(=O)c1ccc2c(c1)C(CCC1c3cc(C(C)=O)ccc3-c3ccc(C(C)=O)cc31)c1cc(C(C)=O)ccc1-2. The van der Waals surface area contributed by atoms with Gasteiger partial charge in [0.15, 0.2) is 23.1 Å². The summed E-state index contributed by atoms with van der Waals surface area (Å²) in [5.41, 5.74) is 11.6. The van der Waals surface area contributed by atoms with Crippen molar-refractivity contribution in [3.8, 4) is 22.3 Å². The predicted molar refractivity (Wildman–Crippen MR) is 157 cm³/mol. The molecule has 198 valence electrons. The van der Waals surface area contributed by atoms with Crippen LogP contribution in [0, 0.1) is 0 Å². The molecule has 0 bridgehead atoms. The molecule has 4 aromatic rings. The van der Waals surface area contributed by atoms with Crippen LogP contribution in [-0.2, 0) is 0 Å². The van der Waals surface area contributed by atoms with Crippen LogP contribution in [-0.4, -0.2) is 23.1 Å². The molecule has 0 aliphatic heterocycles. The standard InChI is InChI=1S/C36H30O4/c1-19(37)23-5-9-27-28-10-6-24(20(2)38)16-34(28)31(33(27)15-23)13-14-32-35-17-25(21(3)39)7-11-29(35)30-12-8-26(22(4)40)18-36(30)32/h5-12,15-18,31-32H,13-14H2,1-4H3. The number of fused-ring (bicyclic) bond motifs is 6. The molecule has 0 amide bonds. The average molecular weight is 527 g/mol. The molecule has 0 N–H and O–H groups in total. The van der Waals surface area contributed by atoms with Crippen molar-refractivity contribution in [2.24, 2.45) is 0 Å². The van der Waals surface area contributed by atoms with Crippen molar-refractivity contribution in [3.05, 3.63) is 117 Å². The number of Topliss-reactive ketones (excluding diaryl/α,β-unsaturated/α-hetero) is 4. The lowest BCUT2D eigenvalue weighted by atomic mass is 9.83. The molecule has 0 spiro atoms. The third-order valence-corrected chi connectivity index (χ3v) is 8.66. The summed E-state index contributed by atoms with van der Waals surface area (Å²) in [4.78, 5) is 49.1. The Hall–Kier alpha value is -4.44. The van der Waals surface area contributed by atoms with Crippen LogP contribution in [0.3, 0.4) is 0 Å². The summed E-state index contributed by atoms with van der Waals surface area (Å²) in [6.07, 6.45) is 1.56. The van der Waals surface area contributed by atoms with Crippen molar-refractivity contribution < 1.29 is 19.2 Å². The molecular formula is C36H30O4. The van der Waals surface area contributed by atoms with Gasteiger partial charge in [-0.1, -0.05) is 48.5 Å². The maximum absolute atomic E-state index is 12.3. The summed E-state index contributed by atoms with van der Waals surface area (Å²) in [7, 11) is 0. The molecule has 4 aromatic carbocycles. The van der Waals surface area contributed by atoms with Crippen molar-refractivity contribution in [1.82, 2.24) is 0 Å². The lowest BCUT2D eigenvalue weighted by Gasteiger charge is -2.20. The molecule has 0 saturated carbocycles. The Kier molecular flexibility index (Phi) is 6.22. The van der Waals surface area contributed by atoms with Gasteiger partial charge in [-0.25, -0.2) is 0 Å². The highest BCUT2D eigenvalue weighted by Gasteiger charge is 2.34. The maximum atomic E-state index is 12.3. The molecule has 0 heterocycles. The minimum Gasteiger partial charge on any atom is -0.295 e. The van der Waals surface area contributed by atoms with E-state index in [4.69, 9.17) is 0 Å². The Labute approximate surface area is 234 Å². The van der Waals surface area contributed by atoms with Crippen LogP contribution in [0.15, 0.2) is 72.8 Å². The Morgan fingerprint density at radius 2 is 0.650 bits per heavy atom. The van der Waals surface area contributed by atoms with Crippen LogP contribution < -0.4 is 0 Å². The lowest BCUT2D eigenvalue weighted by molar-refractivity contribution is 0.100. The van der Waals surface area contributed by atoms with Crippen LogP contribution in [0.1, 0.15) is 116 Å². The highest BCUT2D eigenvalue weighted by Crippen LogP contribution is 2.52. The van der Waals surface area contributed by atoms with Gasteiger partial charge in [-0.2, -0.15) is 0 Å². The van der Waals surface area contributed by atoms with Crippen LogP contribution in [0.5, 0.6) is 0 Å². The van der Waals surface area contributed by atoms with Crippen LogP contribution in [0.4, 0.5) is 0 Å². The zero-order valence-electron chi connectivity index (χ0n) is 23.1. The van der Waals surface area contributed by atoms with E-state index in [0.717, 1.165) is 57.3 Å². The summed E-state index contributed by atoms with van der Waals surface area (Å²) in [5.74, 6) is 0.123. The number of carbonyl (C=O) groups is 4. The first-order valence-electron chi connectivity index (χ1n) is 13.7. The van der Waals surface area contributed by atoms with Crippen molar-refractivity contribution in [2.75, 3.05) is 0 Å². The molecule has 0 unspecified atom stereocenters. The Bertz CT molecular complexity index is 1520. The summed E-state index contributed by atoms with van der Waals surface area (Å²) in [5, 5.41) is 0. The third kappa shape index (κ3) is 4.15. The Morgan fingerprint density at radius 3 is 0.850 bits per heavy atom. The van der Waals surface area contributed by atoms with E-state index in [1.807, 2.05) is 72.8 Å². The average Bonchev–Trinajstić information content (AvgIpc) is 3.42. The normalized spacial score (nSPS) is 13.4. The van der Waals surface area contributed by atoms with E-state index in [-0.39, 0.29) is 35.0 Å². The number of rotatable bonds is 7. The second-order valence-corrected chi connectivity index (χ2v) is 11.1. The fourth-order valence-corrected chi connectivity index (χ4v) is 6.55. The van der Waals surface area contributed by atoms with E-state index >= 15 is 0 Å². The van der Waals surface area contributed by atoms with Crippen molar-refractivity contribution in [3.63, 3.8) is 0 Å². The molecule has 4 heteroatoms. The number of carbonyl (C=O) groups excluding carboxylic acids is 4.